The molecule has 1 nitrogen and oxygen atoms in total. The van der Waals surface area contributed by atoms with Gasteiger partial charge in [0.1, 0.15) is 0 Å². The zero-order valence-electron chi connectivity index (χ0n) is 35.8. The maximum atomic E-state index is 2.55. The Kier molecular flexibility index (Phi) is 8.44. The molecule has 3 aliphatic carbocycles. The molecule has 300 valence electrons. The van der Waals surface area contributed by atoms with Crippen molar-refractivity contribution in [2.75, 3.05) is 4.90 Å². The van der Waals surface area contributed by atoms with Crippen molar-refractivity contribution in [1.29, 1.82) is 0 Å². The lowest BCUT2D eigenvalue weighted by molar-refractivity contribution is 0.545. The van der Waals surface area contributed by atoms with Gasteiger partial charge in [-0.15, -0.1) is 11.3 Å². The molecule has 0 spiro atoms. The normalized spacial score (nSPS) is 20.1. The van der Waals surface area contributed by atoms with Crippen LogP contribution in [0.5, 0.6) is 0 Å². The molecule has 7 aromatic carbocycles. The van der Waals surface area contributed by atoms with Crippen LogP contribution in [-0.4, -0.2) is 0 Å². The minimum Gasteiger partial charge on any atom is -0.313 e. The third-order valence-corrected chi connectivity index (χ3v) is 16.0. The SMILES string of the molecule is CC1CC(C(c2ccc(-c3cccc4c3sc3ccccc34)cc2)c2ccc3c(c2)C(C)(C)c2ccccc2-3)=CC=C1C1=CC=C2N(c3ccccc3)c3ccccc3C2(C)C1. The molecule has 0 saturated heterocycles. The van der Waals surface area contributed by atoms with Crippen molar-refractivity contribution in [2.45, 2.75) is 57.3 Å². The van der Waals surface area contributed by atoms with Crippen molar-refractivity contribution in [3.8, 4) is 22.3 Å². The Balaban J connectivity index is 0.948. The van der Waals surface area contributed by atoms with E-state index in [2.05, 4.69) is 221 Å². The lowest BCUT2D eigenvalue weighted by atomic mass is 9.69. The van der Waals surface area contributed by atoms with Crippen molar-refractivity contribution < 1.29 is 0 Å². The average molecular weight is 816 g/mol. The zero-order chi connectivity index (χ0) is 41.7. The minimum absolute atomic E-state index is 0.0640. The molecule has 3 atom stereocenters. The third kappa shape index (κ3) is 5.59. The van der Waals surface area contributed by atoms with Gasteiger partial charge in [0.2, 0.25) is 0 Å². The van der Waals surface area contributed by atoms with Crippen LogP contribution in [0, 0.1) is 5.92 Å². The fraction of sp³-hybridized carbons (Fsp3) is 0.167. The number of allylic oxidation sites excluding steroid dienone is 8. The van der Waals surface area contributed by atoms with Crippen LogP contribution in [0.25, 0.3) is 42.4 Å². The predicted octanol–water partition coefficient (Wildman–Crippen LogP) is 16.4. The van der Waals surface area contributed by atoms with E-state index >= 15 is 0 Å². The van der Waals surface area contributed by atoms with E-state index in [0.717, 1.165) is 12.8 Å². The lowest BCUT2D eigenvalue weighted by Crippen LogP contribution is -2.29. The summed E-state index contributed by atoms with van der Waals surface area (Å²) in [5, 5.41) is 2.69. The molecule has 3 unspecified atom stereocenters. The van der Waals surface area contributed by atoms with Crippen molar-refractivity contribution in [2.24, 2.45) is 5.92 Å². The number of hydrogen-bond acceptors (Lipinski definition) is 2. The molecule has 1 aromatic heterocycles. The summed E-state index contributed by atoms with van der Waals surface area (Å²) in [5.41, 5.74) is 20.4. The molecular formula is C60H49NS. The standard InChI is InChI=1S/C60H49NS/c1-38-35-41(29-32-45(38)43-31-34-56-60(4,37-43)52-22-11-12-23-54(52)61(56)44-15-6-5-7-16-44)57(42-30-33-48-47-17-8-10-21-51(47)59(2,3)53(48)36-42)40-27-25-39(26-28-40)46-19-14-20-50-49-18-9-13-24-55(49)62-58(46)50/h5-34,36,38,57H,35,37H2,1-4H3. The molecule has 0 bridgehead atoms. The Morgan fingerprint density at radius 2 is 1.27 bits per heavy atom. The van der Waals surface area contributed by atoms with Gasteiger partial charge in [-0.3, -0.25) is 0 Å². The summed E-state index contributed by atoms with van der Waals surface area (Å²) < 4.78 is 2.71. The molecule has 2 heterocycles. The number of anilines is 2. The van der Waals surface area contributed by atoms with Gasteiger partial charge in [-0.1, -0.05) is 184 Å². The minimum atomic E-state index is -0.111. The number of fused-ring (bicyclic) bond motifs is 9. The number of thiophene rings is 1. The van der Waals surface area contributed by atoms with Crippen LogP contribution in [0.15, 0.2) is 211 Å². The first-order chi connectivity index (χ1) is 30.3. The highest BCUT2D eigenvalue weighted by atomic mass is 32.1. The maximum Gasteiger partial charge on any atom is 0.0500 e. The molecule has 8 aromatic rings. The molecule has 12 rings (SSSR count). The molecule has 0 saturated carbocycles. The van der Waals surface area contributed by atoms with Crippen molar-refractivity contribution in [1.82, 2.24) is 0 Å². The molecule has 4 aliphatic rings. The zero-order valence-corrected chi connectivity index (χ0v) is 36.6. The Morgan fingerprint density at radius 3 is 2.11 bits per heavy atom. The molecule has 0 fully saturated rings. The summed E-state index contributed by atoms with van der Waals surface area (Å²) >= 11 is 1.91. The van der Waals surface area contributed by atoms with E-state index in [-0.39, 0.29) is 16.7 Å². The first kappa shape index (κ1) is 37.3. The number of nitrogens with zero attached hydrogens (tertiary/aromatic N) is 1. The molecule has 0 amide bonds. The van der Waals surface area contributed by atoms with E-state index < -0.39 is 0 Å². The van der Waals surface area contributed by atoms with Crippen LogP contribution in [0.4, 0.5) is 11.4 Å². The number of hydrogen-bond donors (Lipinski definition) is 0. The van der Waals surface area contributed by atoms with E-state index in [1.165, 1.54) is 104 Å². The van der Waals surface area contributed by atoms with E-state index in [0.29, 0.717) is 5.92 Å². The molecular weight excluding hydrogens is 767 g/mol. The number of rotatable bonds is 6. The second-order valence-corrected chi connectivity index (χ2v) is 19.8. The number of para-hydroxylation sites is 2. The monoisotopic (exact) mass is 815 g/mol. The smallest absolute Gasteiger partial charge is 0.0500 e. The summed E-state index contributed by atoms with van der Waals surface area (Å²) in [6.45, 7) is 9.71. The molecule has 0 N–H and O–H groups in total. The van der Waals surface area contributed by atoms with E-state index in [1.807, 2.05) is 11.3 Å². The van der Waals surface area contributed by atoms with Crippen molar-refractivity contribution in [3.63, 3.8) is 0 Å². The van der Waals surface area contributed by atoms with Crippen LogP contribution in [-0.2, 0) is 10.8 Å². The Morgan fingerprint density at radius 1 is 0.581 bits per heavy atom. The second-order valence-electron chi connectivity index (χ2n) is 18.7. The van der Waals surface area contributed by atoms with Gasteiger partial charge < -0.3 is 4.90 Å². The van der Waals surface area contributed by atoms with Gasteiger partial charge in [-0.25, -0.2) is 0 Å². The summed E-state index contributed by atoms with van der Waals surface area (Å²) in [7, 11) is 0. The average Bonchev–Trinajstić information content (AvgIpc) is 3.90. The highest BCUT2D eigenvalue weighted by Gasteiger charge is 2.46. The van der Waals surface area contributed by atoms with Crippen LogP contribution in [0.3, 0.4) is 0 Å². The Hall–Kier alpha value is -6.48. The lowest BCUT2D eigenvalue weighted by Gasteiger charge is -2.36. The Bertz CT molecular complexity index is 3240. The molecule has 62 heavy (non-hydrogen) atoms. The van der Waals surface area contributed by atoms with Crippen LogP contribution >= 0.6 is 11.3 Å². The van der Waals surface area contributed by atoms with Crippen molar-refractivity contribution in [3.05, 3.63) is 238 Å². The van der Waals surface area contributed by atoms with Gasteiger partial charge in [-0.05, 0) is 117 Å². The quantitative estimate of drug-likeness (QED) is 0.162. The first-order valence-electron chi connectivity index (χ1n) is 22.3. The van der Waals surface area contributed by atoms with Gasteiger partial charge >= 0.3 is 0 Å². The fourth-order valence-corrected chi connectivity index (χ4v) is 12.9. The summed E-state index contributed by atoms with van der Waals surface area (Å²) in [5.74, 6) is 0.517. The highest BCUT2D eigenvalue weighted by molar-refractivity contribution is 7.26. The largest absolute Gasteiger partial charge is 0.313 e. The number of benzene rings is 7. The van der Waals surface area contributed by atoms with E-state index in [1.54, 1.807) is 0 Å². The van der Waals surface area contributed by atoms with Crippen LogP contribution in [0.1, 0.15) is 74.3 Å². The summed E-state index contributed by atoms with van der Waals surface area (Å²) in [4.78, 5) is 2.48. The van der Waals surface area contributed by atoms with Gasteiger partial charge in [0.25, 0.3) is 0 Å². The van der Waals surface area contributed by atoms with Crippen molar-refractivity contribution >= 4 is 42.9 Å². The molecule has 0 radical (unpaired) electrons. The molecule has 2 heteroatoms. The van der Waals surface area contributed by atoms with E-state index in [9.17, 15) is 0 Å². The highest BCUT2D eigenvalue weighted by Crippen LogP contribution is 2.57. The molecule has 1 aliphatic heterocycles. The van der Waals surface area contributed by atoms with Crippen LogP contribution in [0.2, 0.25) is 0 Å². The van der Waals surface area contributed by atoms with E-state index in [4.69, 9.17) is 0 Å². The summed E-state index contributed by atoms with van der Waals surface area (Å²) in [6, 6.07) is 61.4. The first-order valence-corrected chi connectivity index (χ1v) is 23.1. The van der Waals surface area contributed by atoms with Gasteiger partial charge in [0, 0.05) is 54.0 Å². The Labute approximate surface area is 369 Å². The topological polar surface area (TPSA) is 3.24 Å². The predicted molar refractivity (Wildman–Crippen MR) is 264 cm³/mol. The third-order valence-electron chi connectivity index (χ3n) is 14.7. The maximum absolute atomic E-state index is 2.55. The fourth-order valence-electron chi connectivity index (χ4n) is 11.6. The van der Waals surface area contributed by atoms with Gasteiger partial charge in [0.15, 0.2) is 0 Å². The van der Waals surface area contributed by atoms with Crippen LogP contribution < -0.4 is 4.90 Å². The van der Waals surface area contributed by atoms with Gasteiger partial charge in [-0.2, -0.15) is 0 Å². The second kappa shape index (κ2) is 14.0. The van der Waals surface area contributed by atoms with Gasteiger partial charge in [0.05, 0.1) is 0 Å². The summed E-state index contributed by atoms with van der Waals surface area (Å²) in [6.07, 6.45) is 11.8.